The number of rotatable bonds is 2. The predicted molar refractivity (Wildman–Crippen MR) is 76.5 cm³/mol. The molecule has 0 saturated heterocycles. The number of amides is 1. The van der Waals surface area contributed by atoms with Gasteiger partial charge in [0.05, 0.1) is 5.56 Å². The fourth-order valence-corrected chi connectivity index (χ4v) is 2.89. The highest BCUT2D eigenvalue weighted by Gasteiger charge is 2.37. The number of halogens is 4. The molecule has 0 fully saturated rings. The number of carbonyl (C=O) groups excluding carboxylic acids is 1. The Hall–Kier alpha value is -2.37. The first-order valence-corrected chi connectivity index (χ1v) is 7.09. The maximum Gasteiger partial charge on any atom is 0.416 e. The van der Waals surface area contributed by atoms with Crippen molar-refractivity contribution in [2.24, 2.45) is 0 Å². The van der Waals surface area contributed by atoms with Gasteiger partial charge in [0, 0.05) is 11.6 Å². The van der Waals surface area contributed by atoms with E-state index in [2.05, 4.69) is 5.32 Å². The fourth-order valence-electron chi connectivity index (χ4n) is 2.89. The highest BCUT2D eigenvalue weighted by molar-refractivity contribution is 5.94. The van der Waals surface area contributed by atoms with Crippen LogP contribution in [0.15, 0.2) is 42.5 Å². The fraction of sp³-hybridized carbons (Fsp3) is 0.235. The van der Waals surface area contributed by atoms with Crippen LogP contribution in [0.4, 0.5) is 17.6 Å². The lowest BCUT2D eigenvalue weighted by molar-refractivity contribution is -0.138. The van der Waals surface area contributed by atoms with Gasteiger partial charge in [-0.15, -0.1) is 0 Å². The normalized spacial score (nSPS) is 17.0. The Labute approximate surface area is 130 Å². The molecule has 23 heavy (non-hydrogen) atoms. The molecule has 1 unspecified atom stereocenters. The topological polar surface area (TPSA) is 29.1 Å². The summed E-state index contributed by atoms with van der Waals surface area (Å²) in [7, 11) is 0. The minimum absolute atomic E-state index is 0.137. The van der Waals surface area contributed by atoms with Crippen LogP contribution >= 0.6 is 0 Å². The van der Waals surface area contributed by atoms with Crippen LogP contribution in [0.3, 0.4) is 0 Å². The van der Waals surface area contributed by atoms with Crippen LogP contribution in [0.5, 0.6) is 0 Å². The van der Waals surface area contributed by atoms with Crippen molar-refractivity contribution in [1.29, 1.82) is 0 Å². The molecule has 0 saturated carbocycles. The summed E-state index contributed by atoms with van der Waals surface area (Å²) in [5.41, 5.74) is 0.473. The summed E-state index contributed by atoms with van der Waals surface area (Å²) in [6, 6.07) is 8.71. The summed E-state index contributed by atoms with van der Waals surface area (Å²) < 4.78 is 51.9. The molecule has 3 rings (SSSR count). The van der Waals surface area contributed by atoms with Crippen LogP contribution in [0.25, 0.3) is 0 Å². The molecule has 1 aliphatic rings. The summed E-state index contributed by atoms with van der Waals surface area (Å²) in [6.07, 6.45) is -3.91. The van der Waals surface area contributed by atoms with Gasteiger partial charge in [-0.3, -0.25) is 4.79 Å². The number of hydrogen-bond acceptors (Lipinski definition) is 1. The lowest BCUT2D eigenvalue weighted by Crippen LogP contribution is -2.35. The Bertz CT molecular complexity index is 737. The van der Waals surface area contributed by atoms with Gasteiger partial charge in [-0.1, -0.05) is 12.1 Å². The largest absolute Gasteiger partial charge is 0.416 e. The van der Waals surface area contributed by atoms with E-state index < -0.39 is 29.5 Å². The molecule has 6 heteroatoms. The molecule has 0 aromatic heterocycles. The van der Waals surface area contributed by atoms with Crippen LogP contribution in [0.1, 0.15) is 27.0 Å². The smallest absolute Gasteiger partial charge is 0.349 e. The van der Waals surface area contributed by atoms with Gasteiger partial charge in [-0.25, -0.2) is 4.39 Å². The van der Waals surface area contributed by atoms with E-state index in [1.165, 1.54) is 30.3 Å². The summed E-state index contributed by atoms with van der Waals surface area (Å²) in [4.78, 5) is 12.1. The van der Waals surface area contributed by atoms with Gasteiger partial charge in [0.1, 0.15) is 5.82 Å². The SMILES string of the molecule is O=C(NC1Cc2cccc(C(F)(F)F)c2C1)c1ccc(F)cc1. The summed E-state index contributed by atoms with van der Waals surface area (Å²) in [6.45, 7) is 0. The van der Waals surface area contributed by atoms with Gasteiger partial charge in [0.25, 0.3) is 5.91 Å². The molecule has 120 valence electrons. The van der Waals surface area contributed by atoms with Gasteiger partial charge in [-0.05, 0) is 54.3 Å². The third-order valence-corrected chi connectivity index (χ3v) is 3.94. The first-order valence-electron chi connectivity index (χ1n) is 7.09. The monoisotopic (exact) mass is 323 g/mol. The van der Waals surface area contributed by atoms with Crippen molar-refractivity contribution in [1.82, 2.24) is 5.32 Å². The third kappa shape index (κ3) is 3.21. The summed E-state index contributed by atoms with van der Waals surface area (Å²) in [5, 5.41) is 2.71. The first kappa shape index (κ1) is 15.5. The lowest BCUT2D eigenvalue weighted by Gasteiger charge is -2.13. The van der Waals surface area contributed by atoms with Crippen molar-refractivity contribution in [3.05, 3.63) is 70.5 Å². The zero-order valence-electron chi connectivity index (χ0n) is 12.0. The maximum absolute atomic E-state index is 13.0. The molecular weight excluding hydrogens is 310 g/mol. The first-order chi connectivity index (χ1) is 10.8. The van der Waals surface area contributed by atoms with Crippen molar-refractivity contribution in [3.63, 3.8) is 0 Å². The van der Waals surface area contributed by atoms with E-state index in [9.17, 15) is 22.4 Å². The van der Waals surface area contributed by atoms with E-state index in [1.807, 2.05) is 0 Å². The van der Waals surface area contributed by atoms with Gasteiger partial charge in [0.15, 0.2) is 0 Å². The van der Waals surface area contributed by atoms with E-state index in [0.29, 0.717) is 12.0 Å². The minimum Gasteiger partial charge on any atom is -0.349 e. The lowest BCUT2D eigenvalue weighted by atomic mass is 10.0. The quantitative estimate of drug-likeness (QED) is 0.838. The van der Waals surface area contributed by atoms with E-state index in [-0.39, 0.29) is 17.5 Å². The van der Waals surface area contributed by atoms with E-state index in [0.717, 1.165) is 6.07 Å². The number of carbonyl (C=O) groups is 1. The summed E-state index contributed by atoms with van der Waals surface area (Å²) in [5.74, 6) is -0.874. The van der Waals surface area contributed by atoms with Gasteiger partial charge in [0.2, 0.25) is 0 Å². The molecule has 2 nitrogen and oxygen atoms in total. The molecule has 0 radical (unpaired) electrons. The van der Waals surface area contributed by atoms with Crippen molar-refractivity contribution >= 4 is 5.91 Å². The predicted octanol–water partition coefficient (Wildman–Crippen LogP) is 3.74. The molecule has 1 atom stereocenters. The average molecular weight is 323 g/mol. The minimum atomic E-state index is -4.40. The molecule has 1 aliphatic carbocycles. The van der Waals surface area contributed by atoms with Crippen molar-refractivity contribution in [3.8, 4) is 0 Å². The van der Waals surface area contributed by atoms with Crippen molar-refractivity contribution in [2.75, 3.05) is 0 Å². The molecule has 0 heterocycles. The second kappa shape index (κ2) is 5.68. The van der Waals surface area contributed by atoms with Crippen LogP contribution in [-0.4, -0.2) is 11.9 Å². The second-order valence-electron chi connectivity index (χ2n) is 5.53. The Morgan fingerprint density at radius 2 is 1.74 bits per heavy atom. The average Bonchev–Trinajstić information content (AvgIpc) is 2.88. The number of benzene rings is 2. The zero-order chi connectivity index (χ0) is 16.6. The van der Waals surface area contributed by atoms with E-state index >= 15 is 0 Å². The van der Waals surface area contributed by atoms with Crippen LogP contribution in [-0.2, 0) is 19.0 Å². The van der Waals surface area contributed by atoms with Crippen molar-refractivity contribution in [2.45, 2.75) is 25.1 Å². The Morgan fingerprint density at radius 3 is 2.39 bits per heavy atom. The molecule has 1 amide bonds. The molecule has 0 spiro atoms. The molecule has 2 aromatic carbocycles. The number of alkyl halides is 3. The number of hydrogen-bond donors (Lipinski definition) is 1. The van der Waals surface area contributed by atoms with Crippen molar-refractivity contribution < 1.29 is 22.4 Å². The molecule has 0 aliphatic heterocycles. The van der Waals surface area contributed by atoms with Crippen LogP contribution in [0.2, 0.25) is 0 Å². The van der Waals surface area contributed by atoms with E-state index in [1.54, 1.807) is 6.07 Å². The van der Waals surface area contributed by atoms with Gasteiger partial charge < -0.3 is 5.32 Å². The zero-order valence-corrected chi connectivity index (χ0v) is 12.0. The molecular formula is C17H13F4NO. The van der Waals surface area contributed by atoms with Crippen LogP contribution < -0.4 is 5.32 Å². The van der Waals surface area contributed by atoms with Gasteiger partial charge in [-0.2, -0.15) is 13.2 Å². The Morgan fingerprint density at radius 1 is 1.04 bits per heavy atom. The number of nitrogens with one attached hydrogen (secondary N) is 1. The Kier molecular flexibility index (Phi) is 3.83. The Balaban J connectivity index is 1.75. The summed E-state index contributed by atoms with van der Waals surface area (Å²) >= 11 is 0. The highest BCUT2D eigenvalue weighted by Crippen LogP contribution is 2.36. The third-order valence-electron chi connectivity index (χ3n) is 3.94. The maximum atomic E-state index is 13.0. The van der Waals surface area contributed by atoms with Gasteiger partial charge >= 0.3 is 6.18 Å². The second-order valence-corrected chi connectivity index (χ2v) is 5.53. The molecule has 0 bridgehead atoms. The number of fused-ring (bicyclic) bond motifs is 1. The standard InChI is InChI=1S/C17H13F4NO/c18-12-6-4-10(5-7-12)16(23)22-13-8-11-2-1-3-15(14(11)9-13)17(19,20)21/h1-7,13H,8-9H2,(H,22,23). The highest BCUT2D eigenvalue weighted by atomic mass is 19.4. The molecule has 2 aromatic rings. The molecule has 1 N–H and O–H groups in total. The van der Waals surface area contributed by atoms with Crippen LogP contribution in [0, 0.1) is 5.82 Å². The van der Waals surface area contributed by atoms with E-state index in [4.69, 9.17) is 0 Å².